The lowest BCUT2D eigenvalue weighted by Crippen LogP contribution is -2.52. The normalized spacial score (nSPS) is 35.1. The Morgan fingerprint density at radius 3 is 2.92 bits per heavy atom. The van der Waals surface area contributed by atoms with E-state index in [0.29, 0.717) is 6.61 Å². The van der Waals surface area contributed by atoms with Crippen molar-refractivity contribution < 1.29 is 9.53 Å². The van der Waals surface area contributed by atoms with Gasteiger partial charge in [-0.25, -0.2) is 0 Å². The van der Waals surface area contributed by atoms with Crippen LogP contribution in [0.5, 0.6) is 0 Å². The summed E-state index contributed by atoms with van der Waals surface area (Å²) < 4.78 is 5.36. The van der Waals surface area contributed by atoms with E-state index in [2.05, 4.69) is 5.32 Å². The lowest BCUT2D eigenvalue weighted by atomic mass is 9.95. The highest BCUT2D eigenvalue weighted by atomic mass is 16.5. The highest BCUT2D eigenvalue weighted by Crippen LogP contribution is 2.24. The molecule has 1 heterocycles. The Kier molecular flexibility index (Phi) is 2.69. The van der Waals surface area contributed by atoms with Crippen molar-refractivity contribution in [3.05, 3.63) is 0 Å². The van der Waals surface area contributed by atoms with Crippen molar-refractivity contribution >= 4 is 5.91 Å². The zero-order chi connectivity index (χ0) is 9.19. The minimum atomic E-state index is -0.226. The maximum atomic E-state index is 11.0. The molecule has 0 spiro atoms. The van der Waals surface area contributed by atoms with E-state index in [1.165, 1.54) is 0 Å². The Bertz CT molecular complexity index is 184. The van der Waals surface area contributed by atoms with E-state index < -0.39 is 0 Å². The molecule has 1 rings (SSSR count). The number of rotatable bonds is 2. The van der Waals surface area contributed by atoms with Gasteiger partial charge >= 0.3 is 0 Å². The second kappa shape index (κ2) is 3.41. The fourth-order valence-corrected chi connectivity index (χ4v) is 1.37. The lowest BCUT2D eigenvalue weighted by Gasteiger charge is -2.28. The third-order valence-electron chi connectivity index (χ3n) is 2.50. The van der Waals surface area contributed by atoms with Crippen LogP contribution in [0.2, 0.25) is 0 Å². The molecule has 70 valence electrons. The Morgan fingerprint density at radius 2 is 2.50 bits per heavy atom. The smallest absolute Gasteiger partial charge is 0.234 e. The minimum absolute atomic E-state index is 0.0440. The number of carbonyl (C=O) groups excluding carboxylic acids is 1. The molecule has 0 aromatic carbocycles. The molecule has 1 fully saturated rings. The number of amides is 1. The van der Waals surface area contributed by atoms with Crippen LogP contribution in [-0.2, 0) is 9.53 Å². The monoisotopic (exact) mass is 172 g/mol. The minimum Gasteiger partial charge on any atom is -0.376 e. The van der Waals surface area contributed by atoms with Gasteiger partial charge in [-0.15, -0.1) is 0 Å². The van der Waals surface area contributed by atoms with Crippen molar-refractivity contribution in [2.24, 2.45) is 5.73 Å². The summed E-state index contributed by atoms with van der Waals surface area (Å²) in [5, 5.41) is 2.87. The molecular weight excluding hydrogens is 156 g/mol. The molecule has 0 bridgehead atoms. The van der Waals surface area contributed by atoms with Gasteiger partial charge in [-0.3, -0.25) is 4.79 Å². The largest absolute Gasteiger partial charge is 0.376 e. The third kappa shape index (κ3) is 1.76. The van der Waals surface area contributed by atoms with Gasteiger partial charge in [-0.1, -0.05) is 0 Å². The fraction of sp³-hybridized carbons (Fsp3) is 0.875. The molecular formula is C8H16N2O2. The van der Waals surface area contributed by atoms with E-state index in [1.807, 2.05) is 13.8 Å². The molecule has 4 nitrogen and oxygen atoms in total. The molecule has 0 aromatic heterocycles. The molecule has 0 saturated carbocycles. The quantitative estimate of drug-likeness (QED) is 0.597. The molecule has 1 aliphatic heterocycles. The summed E-state index contributed by atoms with van der Waals surface area (Å²) in [4.78, 5) is 11.0. The first-order valence-corrected chi connectivity index (χ1v) is 4.21. The van der Waals surface area contributed by atoms with Crippen LogP contribution in [0, 0.1) is 0 Å². The number of hydrogen-bond donors (Lipinski definition) is 2. The number of nitrogens with one attached hydrogen (secondary N) is 1. The van der Waals surface area contributed by atoms with E-state index in [-0.39, 0.29) is 24.1 Å². The fourth-order valence-electron chi connectivity index (χ4n) is 1.37. The van der Waals surface area contributed by atoms with Crippen LogP contribution < -0.4 is 11.1 Å². The summed E-state index contributed by atoms with van der Waals surface area (Å²) in [5.74, 6) is -0.116. The molecule has 0 radical (unpaired) electrons. The van der Waals surface area contributed by atoms with E-state index >= 15 is 0 Å². The van der Waals surface area contributed by atoms with Gasteiger partial charge in [0.15, 0.2) is 0 Å². The summed E-state index contributed by atoms with van der Waals surface area (Å²) in [6, 6.07) is 0. The van der Waals surface area contributed by atoms with Gasteiger partial charge in [0.05, 0.1) is 18.2 Å². The van der Waals surface area contributed by atoms with E-state index in [4.69, 9.17) is 10.5 Å². The molecule has 1 aliphatic rings. The van der Waals surface area contributed by atoms with Crippen LogP contribution in [-0.4, -0.2) is 30.7 Å². The molecule has 3 N–H and O–H groups in total. The summed E-state index contributed by atoms with van der Waals surface area (Å²) in [6.45, 7) is 4.70. The van der Waals surface area contributed by atoms with Crippen LogP contribution >= 0.6 is 0 Å². The van der Waals surface area contributed by atoms with Crippen molar-refractivity contribution in [3.8, 4) is 0 Å². The van der Waals surface area contributed by atoms with Gasteiger partial charge in [0.1, 0.15) is 0 Å². The number of ether oxygens (including phenoxy) is 1. The van der Waals surface area contributed by atoms with Crippen molar-refractivity contribution in [2.45, 2.75) is 31.9 Å². The van der Waals surface area contributed by atoms with E-state index in [0.717, 1.165) is 6.42 Å². The van der Waals surface area contributed by atoms with Gasteiger partial charge in [-0.05, 0) is 20.3 Å². The van der Waals surface area contributed by atoms with Crippen LogP contribution in [0.3, 0.4) is 0 Å². The molecule has 2 unspecified atom stereocenters. The highest BCUT2D eigenvalue weighted by molar-refractivity contribution is 5.78. The maximum absolute atomic E-state index is 11.0. The standard InChI is InChI=1S/C8H16N2O2/c1-6-8(2,3-4-12-6)10-7(11)5-9/h6H,3-5,9H2,1-2H3,(H,10,11). The van der Waals surface area contributed by atoms with Gasteiger partial charge in [0.2, 0.25) is 5.91 Å². The summed E-state index contributed by atoms with van der Waals surface area (Å²) >= 11 is 0. The average Bonchev–Trinajstić information content (AvgIpc) is 2.32. The van der Waals surface area contributed by atoms with Gasteiger partial charge < -0.3 is 15.8 Å². The Balaban J connectivity index is 2.53. The molecule has 12 heavy (non-hydrogen) atoms. The Hall–Kier alpha value is -0.610. The number of carbonyl (C=O) groups is 1. The van der Waals surface area contributed by atoms with Gasteiger partial charge in [-0.2, -0.15) is 0 Å². The average molecular weight is 172 g/mol. The third-order valence-corrected chi connectivity index (χ3v) is 2.50. The Labute approximate surface area is 72.5 Å². The first kappa shape index (κ1) is 9.48. The summed E-state index contributed by atoms with van der Waals surface area (Å²) in [6.07, 6.45) is 0.938. The first-order valence-electron chi connectivity index (χ1n) is 4.21. The number of nitrogens with two attached hydrogens (primary N) is 1. The van der Waals surface area contributed by atoms with Crippen molar-refractivity contribution in [1.82, 2.24) is 5.32 Å². The Morgan fingerprint density at radius 1 is 1.83 bits per heavy atom. The zero-order valence-electron chi connectivity index (χ0n) is 7.59. The lowest BCUT2D eigenvalue weighted by molar-refractivity contribution is -0.122. The second-order valence-corrected chi connectivity index (χ2v) is 3.43. The molecule has 1 saturated heterocycles. The molecule has 1 amide bonds. The topological polar surface area (TPSA) is 64.3 Å². The van der Waals surface area contributed by atoms with Crippen molar-refractivity contribution in [3.63, 3.8) is 0 Å². The van der Waals surface area contributed by atoms with Crippen LogP contribution in [0.1, 0.15) is 20.3 Å². The molecule has 0 aromatic rings. The molecule has 0 aliphatic carbocycles. The summed E-state index contributed by atoms with van der Waals surface area (Å²) in [7, 11) is 0. The maximum Gasteiger partial charge on any atom is 0.234 e. The van der Waals surface area contributed by atoms with Gasteiger partial charge in [0.25, 0.3) is 0 Å². The van der Waals surface area contributed by atoms with E-state index in [9.17, 15) is 4.79 Å². The zero-order valence-corrected chi connectivity index (χ0v) is 7.59. The van der Waals surface area contributed by atoms with Gasteiger partial charge in [0, 0.05) is 6.61 Å². The second-order valence-electron chi connectivity index (χ2n) is 3.43. The van der Waals surface area contributed by atoms with Crippen LogP contribution in [0.25, 0.3) is 0 Å². The SMILES string of the molecule is CC1OCCC1(C)NC(=O)CN. The summed E-state index contributed by atoms with van der Waals surface area (Å²) in [5.41, 5.74) is 4.98. The molecule has 4 heteroatoms. The molecule has 2 atom stereocenters. The van der Waals surface area contributed by atoms with Crippen LogP contribution in [0.4, 0.5) is 0 Å². The number of hydrogen-bond acceptors (Lipinski definition) is 3. The van der Waals surface area contributed by atoms with Crippen LogP contribution in [0.15, 0.2) is 0 Å². The van der Waals surface area contributed by atoms with Crippen molar-refractivity contribution in [2.75, 3.05) is 13.2 Å². The van der Waals surface area contributed by atoms with Crippen molar-refractivity contribution in [1.29, 1.82) is 0 Å². The highest BCUT2D eigenvalue weighted by Gasteiger charge is 2.37. The van der Waals surface area contributed by atoms with E-state index in [1.54, 1.807) is 0 Å². The first-order chi connectivity index (χ1) is 5.58. The predicted octanol–water partition coefficient (Wildman–Crippen LogP) is -0.371. The predicted molar refractivity (Wildman–Crippen MR) is 45.6 cm³/mol.